The fourth-order valence-electron chi connectivity index (χ4n) is 1.83. The van der Waals surface area contributed by atoms with Crippen LogP contribution in [0.5, 0.6) is 0 Å². The van der Waals surface area contributed by atoms with Crippen molar-refractivity contribution in [1.29, 1.82) is 0 Å². The Labute approximate surface area is 81.5 Å². The summed E-state index contributed by atoms with van der Waals surface area (Å²) in [5.74, 6) is 0. The zero-order valence-electron chi connectivity index (χ0n) is 7.31. The molecule has 0 unspecified atom stereocenters. The van der Waals surface area contributed by atoms with Crippen molar-refractivity contribution in [1.82, 2.24) is 0 Å². The normalized spacial score (nSPS) is 15.8. The number of pyridine rings is 1. The van der Waals surface area contributed by atoms with Gasteiger partial charge >= 0.3 is 0 Å². The highest BCUT2D eigenvalue weighted by Gasteiger charge is 2.17. The SMILES string of the molecule is C[n+]1ccc2c(c1Br)CCCC2. The smallest absolute Gasteiger partial charge is 0.195 e. The first-order valence-electron chi connectivity index (χ1n) is 4.45. The maximum Gasteiger partial charge on any atom is 0.251 e. The molecule has 0 aliphatic heterocycles. The Hall–Kier alpha value is -0.370. The lowest BCUT2D eigenvalue weighted by Crippen LogP contribution is -2.31. The molecule has 64 valence electrons. The van der Waals surface area contributed by atoms with E-state index in [4.69, 9.17) is 0 Å². The number of fused-ring (bicyclic) bond motifs is 1. The highest BCUT2D eigenvalue weighted by molar-refractivity contribution is 9.10. The van der Waals surface area contributed by atoms with Gasteiger partial charge in [0.2, 0.25) is 0 Å². The molecule has 0 N–H and O–H groups in total. The molecule has 0 saturated carbocycles. The number of halogens is 1. The van der Waals surface area contributed by atoms with Gasteiger partial charge in [-0.3, -0.25) is 0 Å². The Bertz CT molecular complexity index is 307. The summed E-state index contributed by atoms with van der Waals surface area (Å²) in [7, 11) is 2.08. The fourth-order valence-corrected chi connectivity index (χ4v) is 2.40. The van der Waals surface area contributed by atoms with Gasteiger partial charge in [-0.05, 0) is 31.2 Å². The van der Waals surface area contributed by atoms with Crippen LogP contribution in [0, 0.1) is 0 Å². The van der Waals surface area contributed by atoms with Crippen molar-refractivity contribution in [3.63, 3.8) is 0 Å². The van der Waals surface area contributed by atoms with Crippen LogP contribution in [0.1, 0.15) is 24.0 Å². The van der Waals surface area contributed by atoms with Crippen molar-refractivity contribution in [2.45, 2.75) is 25.7 Å². The summed E-state index contributed by atoms with van der Waals surface area (Å²) in [6.07, 6.45) is 7.33. The summed E-state index contributed by atoms with van der Waals surface area (Å²) in [5, 5.41) is 0. The summed E-state index contributed by atoms with van der Waals surface area (Å²) in [6.45, 7) is 0. The predicted octanol–water partition coefficient (Wildman–Crippen LogP) is 2.15. The van der Waals surface area contributed by atoms with Crippen LogP contribution < -0.4 is 4.57 Å². The Morgan fingerprint density at radius 1 is 1.33 bits per heavy atom. The molecule has 2 heteroatoms. The van der Waals surface area contributed by atoms with E-state index in [9.17, 15) is 0 Å². The van der Waals surface area contributed by atoms with Gasteiger partial charge in [0.25, 0.3) is 4.60 Å². The van der Waals surface area contributed by atoms with Crippen molar-refractivity contribution in [3.8, 4) is 0 Å². The topological polar surface area (TPSA) is 3.88 Å². The first-order valence-corrected chi connectivity index (χ1v) is 5.24. The van der Waals surface area contributed by atoms with Gasteiger partial charge in [-0.25, -0.2) is 0 Å². The lowest BCUT2D eigenvalue weighted by atomic mass is 9.94. The van der Waals surface area contributed by atoms with Crippen LogP contribution in [0.3, 0.4) is 0 Å². The minimum absolute atomic E-state index is 1.24. The van der Waals surface area contributed by atoms with E-state index in [0.29, 0.717) is 0 Å². The summed E-state index contributed by atoms with van der Waals surface area (Å²) in [6, 6.07) is 2.25. The molecule has 1 aliphatic rings. The third-order valence-corrected chi connectivity index (χ3v) is 3.61. The molecule has 1 nitrogen and oxygen atoms in total. The highest BCUT2D eigenvalue weighted by Crippen LogP contribution is 2.24. The van der Waals surface area contributed by atoms with Crippen LogP contribution in [0.25, 0.3) is 0 Å². The molecule has 2 rings (SSSR count). The van der Waals surface area contributed by atoms with Gasteiger partial charge in [-0.15, -0.1) is 0 Å². The molecule has 0 atom stereocenters. The maximum atomic E-state index is 3.63. The van der Waals surface area contributed by atoms with Crippen molar-refractivity contribution >= 4 is 15.9 Å². The van der Waals surface area contributed by atoms with E-state index < -0.39 is 0 Å². The molecule has 0 aromatic carbocycles. The van der Waals surface area contributed by atoms with E-state index in [-0.39, 0.29) is 0 Å². The molecule has 12 heavy (non-hydrogen) atoms. The molecule has 1 heterocycles. The average Bonchev–Trinajstić information content (AvgIpc) is 2.12. The van der Waals surface area contributed by atoms with Gasteiger partial charge in [0.1, 0.15) is 7.05 Å². The van der Waals surface area contributed by atoms with Crippen LogP contribution in [0.2, 0.25) is 0 Å². The van der Waals surface area contributed by atoms with Crippen LogP contribution in [0.4, 0.5) is 0 Å². The number of hydrogen-bond acceptors (Lipinski definition) is 0. The van der Waals surface area contributed by atoms with Crippen molar-refractivity contribution in [2.75, 3.05) is 0 Å². The average molecular weight is 227 g/mol. The minimum atomic E-state index is 1.24. The summed E-state index contributed by atoms with van der Waals surface area (Å²) < 4.78 is 3.41. The number of aromatic nitrogens is 1. The molecule has 1 aromatic heterocycles. The largest absolute Gasteiger partial charge is 0.251 e. The van der Waals surface area contributed by atoms with Gasteiger partial charge in [0.15, 0.2) is 6.20 Å². The molecular weight excluding hydrogens is 214 g/mol. The van der Waals surface area contributed by atoms with Crippen LogP contribution in [-0.2, 0) is 19.9 Å². The standard InChI is InChI=1S/C10H13BrN/c1-12-7-6-8-4-2-3-5-9(8)10(12)11/h6-7H,2-5H2,1H3/q+1. The third-order valence-electron chi connectivity index (χ3n) is 2.57. The molecule has 0 saturated heterocycles. The summed E-state index contributed by atoms with van der Waals surface area (Å²) >= 11 is 3.63. The summed E-state index contributed by atoms with van der Waals surface area (Å²) in [4.78, 5) is 0. The van der Waals surface area contributed by atoms with E-state index in [2.05, 4.69) is 39.8 Å². The van der Waals surface area contributed by atoms with Gasteiger partial charge in [0, 0.05) is 27.6 Å². The quantitative estimate of drug-likeness (QED) is 0.472. The van der Waals surface area contributed by atoms with Gasteiger partial charge < -0.3 is 0 Å². The second-order valence-corrected chi connectivity index (χ2v) is 4.18. The zero-order valence-corrected chi connectivity index (χ0v) is 8.89. The second-order valence-electron chi connectivity index (χ2n) is 3.43. The molecular formula is C10H13BrN+. The number of rotatable bonds is 0. The number of hydrogen-bond donors (Lipinski definition) is 0. The molecule has 0 fully saturated rings. The van der Waals surface area contributed by atoms with Gasteiger partial charge in [-0.1, -0.05) is 0 Å². The van der Waals surface area contributed by atoms with E-state index in [1.807, 2.05) is 0 Å². The van der Waals surface area contributed by atoms with E-state index in [1.165, 1.54) is 41.4 Å². The van der Waals surface area contributed by atoms with Crippen molar-refractivity contribution in [2.24, 2.45) is 7.05 Å². The Balaban J connectivity index is 2.54. The van der Waals surface area contributed by atoms with Crippen molar-refractivity contribution < 1.29 is 4.57 Å². The first kappa shape index (κ1) is 8.24. The number of nitrogens with zero attached hydrogens (tertiary/aromatic N) is 1. The van der Waals surface area contributed by atoms with E-state index >= 15 is 0 Å². The third kappa shape index (κ3) is 1.28. The lowest BCUT2D eigenvalue weighted by Gasteiger charge is -2.14. The fraction of sp³-hybridized carbons (Fsp3) is 0.500. The Morgan fingerprint density at radius 3 is 2.92 bits per heavy atom. The van der Waals surface area contributed by atoms with Crippen LogP contribution in [0.15, 0.2) is 16.9 Å². The van der Waals surface area contributed by atoms with Crippen molar-refractivity contribution in [3.05, 3.63) is 28.0 Å². The first-order chi connectivity index (χ1) is 5.79. The van der Waals surface area contributed by atoms with Crippen LogP contribution in [-0.4, -0.2) is 0 Å². The molecule has 0 spiro atoms. The molecule has 0 amide bonds. The number of aryl methyl sites for hydroxylation is 2. The molecule has 0 radical (unpaired) electrons. The molecule has 1 aliphatic carbocycles. The van der Waals surface area contributed by atoms with E-state index in [1.54, 1.807) is 0 Å². The second kappa shape index (κ2) is 3.17. The Kier molecular flexibility index (Phi) is 2.18. The lowest BCUT2D eigenvalue weighted by molar-refractivity contribution is -0.683. The van der Waals surface area contributed by atoms with Gasteiger partial charge in [0.05, 0.1) is 0 Å². The Morgan fingerprint density at radius 2 is 2.08 bits per heavy atom. The highest BCUT2D eigenvalue weighted by atomic mass is 79.9. The van der Waals surface area contributed by atoms with E-state index in [0.717, 1.165) is 0 Å². The zero-order chi connectivity index (χ0) is 8.55. The predicted molar refractivity (Wildman–Crippen MR) is 52.0 cm³/mol. The maximum absolute atomic E-state index is 3.63. The molecule has 1 aromatic rings. The molecule has 0 bridgehead atoms. The minimum Gasteiger partial charge on any atom is -0.195 e. The van der Waals surface area contributed by atoms with Crippen LogP contribution >= 0.6 is 15.9 Å². The van der Waals surface area contributed by atoms with Gasteiger partial charge in [-0.2, -0.15) is 4.57 Å². The monoisotopic (exact) mass is 226 g/mol. The summed E-state index contributed by atoms with van der Waals surface area (Å²) in [5.41, 5.74) is 3.05.